The van der Waals surface area contributed by atoms with Crippen molar-refractivity contribution in [3.05, 3.63) is 71.7 Å². The number of aliphatic carboxylic acids is 1. The minimum atomic E-state index is -0.957. The average Bonchev–Trinajstić information content (AvgIpc) is 2.84. The molecule has 0 aliphatic heterocycles. The third-order valence-corrected chi connectivity index (χ3v) is 3.34. The van der Waals surface area contributed by atoms with Gasteiger partial charge in [0.1, 0.15) is 0 Å². The number of nitrogens with zero attached hydrogens (tertiary/aromatic N) is 1. The summed E-state index contributed by atoms with van der Waals surface area (Å²) in [5.74, 6) is -0.957. The van der Waals surface area contributed by atoms with E-state index >= 15 is 0 Å². The summed E-state index contributed by atoms with van der Waals surface area (Å²) in [7, 11) is 0. The average molecular weight is 278 g/mol. The monoisotopic (exact) mass is 278 g/mol. The molecule has 0 atom stereocenters. The maximum absolute atomic E-state index is 10.7. The van der Waals surface area contributed by atoms with Gasteiger partial charge in [0.05, 0.1) is 0 Å². The lowest BCUT2D eigenvalue weighted by Crippen LogP contribution is -1.92. The summed E-state index contributed by atoms with van der Waals surface area (Å²) in [5, 5.41) is 9.92. The maximum atomic E-state index is 10.7. The fraction of sp³-hybridized carbons (Fsp3) is 0.0588. The SMILES string of the molecule is O=C(O)C=Cc1[nH]c2ccccc2c1Cc1cccnc1. The van der Waals surface area contributed by atoms with Gasteiger partial charge < -0.3 is 10.1 Å². The standard InChI is InChI=1S/C17H14N2O2/c20-17(21)8-7-16-14(10-12-4-3-9-18-11-12)13-5-1-2-6-15(13)19-16/h1-9,11,19H,10H2,(H,20,21). The van der Waals surface area contributed by atoms with Crippen LogP contribution in [0, 0.1) is 0 Å². The van der Waals surface area contributed by atoms with E-state index in [0.717, 1.165) is 33.8 Å². The first-order valence-electron chi connectivity index (χ1n) is 6.63. The van der Waals surface area contributed by atoms with Crippen molar-refractivity contribution >= 4 is 22.9 Å². The molecule has 0 aliphatic carbocycles. The number of aromatic amines is 1. The Morgan fingerprint density at radius 2 is 2.10 bits per heavy atom. The van der Waals surface area contributed by atoms with Gasteiger partial charge in [0.15, 0.2) is 0 Å². The van der Waals surface area contributed by atoms with Crippen LogP contribution in [0.3, 0.4) is 0 Å². The second-order valence-corrected chi connectivity index (χ2v) is 4.77. The van der Waals surface area contributed by atoms with Gasteiger partial charge in [0.25, 0.3) is 0 Å². The Balaban J connectivity index is 2.09. The van der Waals surface area contributed by atoms with Crippen LogP contribution in [0.4, 0.5) is 0 Å². The number of carboxylic acid groups (broad SMARTS) is 1. The quantitative estimate of drug-likeness (QED) is 0.720. The number of aromatic nitrogens is 2. The van der Waals surface area contributed by atoms with E-state index in [0.29, 0.717) is 6.42 Å². The van der Waals surface area contributed by atoms with Gasteiger partial charge in [-0.25, -0.2) is 4.79 Å². The van der Waals surface area contributed by atoms with Crippen LogP contribution in [0.5, 0.6) is 0 Å². The molecule has 0 fully saturated rings. The number of hydrogen-bond acceptors (Lipinski definition) is 2. The molecule has 21 heavy (non-hydrogen) atoms. The molecule has 2 heterocycles. The van der Waals surface area contributed by atoms with E-state index in [-0.39, 0.29) is 0 Å². The first-order valence-corrected chi connectivity index (χ1v) is 6.63. The lowest BCUT2D eigenvalue weighted by molar-refractivity contribution is -0.131. The lowest BCUT2D eigenvalue weighted by atomic mass is 10.0. The van der Waals surface area contributed by atoms with E-state index in [9.17, 15) is 4.79 Å². The van der Waals surface area contributed by atoms with Crippen LogP contribution in [-0.4, -0.2) is 21.0 Å². The summed E-state index contributed by atoms with van der Waals surface area (Å²) >= 11 is 0. The fourth-order valence-electron chi connectivity index (χ4n) is 2.42. The highest BCUT2D eigenvalue weighted by Crippen LogP contribution is 2.25. The second-order valence-electron chi connectivity index (χ2n) is 4.77. The van der Waals surface area contributed by atoms with Crippen molar-refractivity contribution < 1.29 is 9.90 Å². The van der Waals surface area contributed by atoms with Crippen LogP contribution >= 0.6 is 0 Å². The van der Waals surface area contributed by atoms with Gasteiger partial charge in [-0.3, -0.25) is 4.98 Å². The Kier molecular flexibility index (Phi) is 3.51. The molecule has 4 nitrogen and oxygen atoms in total. The second kappa shape index (κ2) is 5.63. The van der Waals surface area contributed by atoms with Gasteiger partial charge >= 0.3 is 5.97 Å². The molecule has 2 aromatic heterocycles. The van der Waals surface area contributed by atoms with Gasteiger partial charge in [0, 0.05) is 41.5 Å². The molecule has 0 radical (unpaired) electrons. The third kappa shape index (κ3) is 2.84. The number of para-hydroxylation sites is 1. The smallest absolute Gasteiger partial charge is 0.328 e. The molecule has 0 saturated carbocycles. The van der Waals surface area contributed by atoms with E-state index in [2.05, 4.69) is 9.97 Å². The van der Waals surface area contributed by atoms with E-state index in [1.54, 1.807) is 12.3 Å². The van der Waals surface area contributed by atoms with Crippen LogP contribution in [0.1, 0.15) is 16.8 Å². The number of rotatable bonds is 4. The minimum Gasteiger partial charge on any atom is -0.478 e. The maximum Gasteiger partial charge on any atom is 0.328 e. The molecule has 3 rings (SSSR count). The molecule has 0 spiro atoms. The van der Waals surface area contributed by atoms with Crippen molar-refractivity contribution in [3.8, 4) is 0 Å². The van der Waals surface area contributed by atoms with E-state index < -0.39 is 5.97 Å². The molecule has 1 aromatic carbocycles. The zero-order valence-corrected chi connectivity index (χ0v) is 11.3. The predicted molar refractivity (Wildman–Crippen MR) is 82.0 cm³/mol. The Morgan fingerprint density at radius 3 is 2.86 bits per heavy atom. The number of hydrogen-bond donors (Lipinski definition) is 2. The Morgan fingerprint density at radius 1 is 1.24 bits per heavy atom. The summed E-state index contributed by atoms with van der Waals surface area (Å²) in [6.07, 6.45) is 7.03. The van der Waals surface area contributed by atoms with Crippen molar-refractivity contribution in [1.29, 1.82) is 0 Å². The molecule has 0 amide bonds. The summed E-state index contributed by atoms with van der Waals surface area (Å²) in [5.41, 5.74) is 3.99. The number of pyridine rings is 1. The summed E-state index contributed by atoms with van der Waals surface area (Å²) in [4.78, 5) is 18.1. The highest BCUT2D eigenvalue weighted by molar-refractivity contribution is 5.91. The molecule has 0 bridgehead atoms. The highest BCUT2D eigenvalue weighted by atomic mass is 16.4. The summed E-state index contributed by atoms with van der Waals surface area (Å²) in [6, 6.07) is 11.9. The Labute approximate surface area is 121 Å². The van der Waals surface area contributed by atoms with Gasteiger partial charge in [-0.15, -0.1) is 0 Å². The summed E-state index contributed by atoms with van der Waals surface area (Å²) < 4.78 is 0. The zero-order valence-electron chi connectivity index (χ0n) is 11.3. The first-order chi connectivity index (χ1) is 10.2. The molecule has 0 saturated heterocycles. The van der Waals surface area contributed by atoms with Crippen LogP contribution in [-0.2, 0) is 11.2 Å². The molecular formula is C17H14N2O2. The molecule has 3 aromatic rings. The molecule has 104 valence electrons. The van der Waals surface area contributed by atoms with Crippen molar-refractivity contribution in [3.63, 3.8) is 0 Å². The van der Waals surface area contributed by atoms with Crippen molar-refractivity contribution in [1.82, 2.24) is 9.97 Å². The number of fused-ring (bicyclic) bond motifs is 1. The third-order valence-electron chi connectivity index (χ3n) is 3.34. The van der Waals surface area contributed by atoms with Gasteiger partial charge in [-0.2, -0.15) is 0 Å². The normalized spacial score (nSPS) is 11.2. The van der Waals surface area contributed by atoms with Gasteiger partial charge in [0.2, 0.25) is 0 Å². The first kappa shape index (κ1) is 13.1. The Bertz CT molecular complexity index is 804. The van der Waals surface area contributed by atoms with Gasteiger partial charge in [-0.05, 0) is 29.3 Å². The number of nitrogens with one attached hydrogen (secondary N) is 1. The van der Waals surface area contributed by atoms with E-state index in [1.807, 2.05) is 42.6 Å². The molecule has 0 aliphatic rings. The number of carbonyl (C=O) groups is 1. The molecular weight excluding hydrogens is 264 g/mol. The molecule has 0 unspecified atom stereocenters. The number of carboxylic acids is 1. The van der Waals surface area contributed by atoms with Crippen molar-refractivity contribution in [2.24, 2.45) is 0 Å². The van der Waals surface area contributed by atoms with Crippen LogP contribution in [0.25, 0.3) is 17.0 Å². The van der Waals surface area contributed by atoms with Crippen LogP contribution < -0.4 is 0 Å². The van der Waals surface area contributed by atoms with Crippen molar-refractivity contribution in [2.45, 2.75) is 6.42 Å². The largest absolute Gasteiger partial charge is 0.478 e. The van der Waals surface area contributed by atoms with Crippen molar-refractivity contribution in [2.75, 3.05) is 0 Å². The predicted octanol–water partition coefficient (Wildman–Crippen LogP) is 3.25. The molecule has 4 heteroatoms. The summed E-state index contributed by atoms with van der Waals surface area (Å²) in [6.45, 7) is 0. The molecule has 2 N–H and O–H groups in total. The number of H-pyrrole nitrogens is 1. The lowest BCUT2D eigenvalue weighted by Gasteiger charge is -2.02. The Hall–Kier alpha value is -2.88. The fourth-order valence-corrected chi connectivity index (χ4v) is 2.42. The number of benzene rings is 1. The van der Waals surface area contributed by atoms with E-state index in [4.69, 9.17) is 5.11 Å². The minimum absolute atomic E-state index is 0.706. The zero-order chi connectivity index (χ0) is 14.7. The van der Waals surface area contributed by atoms with Crippen LogP contribution in [0.15, 0.2) is 54.9 Å². The van der Waals surface area contributed by atoms with Crippen LogP contribution in [0.2, 0.25) is 0 Å². The van der Waals surface area contributed by atoms with E-state index in [1.165, 1.54) is 0 Å². The topological polar surface area (TPSA) is 66.0 Å². The van der Waals surface area contributed by atoms with Gasteiger partial charge in [-0.1, -0.05) is 24.3 Å². The highest BCUT2D eigenvalue weighted by Gasteiger charge is 2.10.